The van der Waals surface area contributed by atoms with Crippen LogP contribution < -0.4 is 0 Å². The van der Waals surface area contributed by atoms with Gasteiger partial charge in [0.1, 0.15) is 5.52 Å². The minimum absolute atomic E-state index is 0.458. The molecule has 6 aromatic rings. The number of hydrogen-bond donors (Lipinski definition) is 0. The summed E-state index contributed by atoms with van der Waals surface area (Å²) in [4.78, 5) is 13.1. The van der Waals surface area contributed by atoms with Crippen LogP contribution in [0.5, 0.6) is 0 Å². The first kappa shape index (κ1) is 25.2. The minimum atomic E-state index is 0.458. The van der Waals surface area contributed by atoms with E-state index in [4.69, 9.17) is 13.3 Å². The van der Waals surface area contributed by atoms with E-state index in [9.17, 15) is 0 Å². The Balaban J connectivity index is 0.000000127. The van der Waals surface area contributed by atoms with Crippen molar-refractivity contribution in [1.82, 2.24) is 15.0 Å². The Morgan fingerprint density at radius 1 is 0.556 bits per heavy atom. The van der Waals surface area contributed by atoms with Crippen molar-refractivity contribution in [3.8, 4) is 0 Å². The van der Waals surface area contributed by atoms with Crippen molar-refractivity contribution < 1.29 is 13.3 Å². The lowest BCUT2D eigenvalue weighted by Gasteiger charge is -2.02. The number of rotatable bonds is 3. The molecule has 6 heteroatoms. The maximum Gasteiger partial charge on any atom is 0.226 e. The Kier molecular flexibility index (Phi) is 7.84. The standard InChI is InChI=1S/3C10H11NO/c1-7(2)9-5-8-3-4-12-10(8)6-11-9;1-7(2)8-3-4-10-9(11-8)5-6-12-10;1-7(2)9-4-3-8-5-6-12-10(8)11-9/h3*3-7H,1-2H3. The van der Waals surface area contributed by atoms with Gasteiger partial charge >= 0.3 is 0 Å². The molecule has 6 nitrogen and oxygen atoms in total. The zero-order valence-corrected chi connectivity index (χ0v) is 21.7. The Hall–Kier alpha value is -3.93. The van der Waals surface area contributed by atoms with E-state index in [1.807, 2.05) is 42.5 Å². The smallest absolute Gasteiger partial charge is 0.226 e. The van der Waals surface area contributed by atoms with Gasteiger partial charge in [0.05, 0.1) is 25.0 Å². The molecule has 0 bridgehead atoms. The summed E-state index contributed by atoms with van der Waals surface area (Å²) in [6, 6.07) is 15.9. The molecule has 0 N–H and O–H groups in total. The Labute approximate surface area is 211 Å². The molecule has 0 amide bonds. The van der Waals surface area contributed by atoms with Gasteiger partial charge in [-0.3, -0.25) is 4.98 Å². The first-order valence-corrected chi connectivity index (χ1v) is 12.3. The molecule has 6 aromatic heterocycles. The second-order valence-corrected chi connectivity index (χ2v) is 9.62. The van der Waals surface area contributed by atoms with E-state index >= 15 is 0 Å². The summed E-state index contributed by atoms with van der Waals surface area (Å²) < 4.78 is 15.6. The molecular formula is C30H33N3O3. The highest BCUT2D eigenvalue weighted by Gasteiger charge is 2.05. The predicted molar refractivity (Wildman–Crippen MR) is 144 cm³/mol. The van der Waals surface area contributed by atoms with E-state index in [1.54, 1.807) is 25.0 Å². The summed E-state index contributed by atoms with van der Waals surface area (Å²) in [5.74, 6) is 1.41. The summed E-state index contributed by atoms with van der Waals surface area (Å²) in [5.41, 5.74) is 6.71. The molecule has 36 heavy (non-hydrogen) atoms. The number of nitrogens with zero attached hydrogens (tertiary/aromatic N) is 3. The first-order chi connectivity index (χ1) is 17.3. The van der Waals surface area contributed by atoms with Crippen LogP contribution in [-0.4, -0.2) is 15.0 Å². The van der Waals surface area contributed by atoms with Gasteiger partial charge in [0.15, 0.2) is 11.2 Å². The fraction of sp³-hybridized carbons (Fsp3) is 0.300. The van der Waals surface area contributed by atoms with Crippen LogP contribution in [0.2, 0.25) is 0 Å². The third-order valence-electron chi connectivity index (χ3n) is 5.80. The van der Waals surface area contributed by atoms with Crippen LogP contribution in [0, 0.1) is 0 Å². The number of pyridine rings is 3. The molecule has 0 aliphatic carbocycles. The monoisotopic (exact) mass is 483 g/mol. The SMILES string of the molecule is CC(C)c1cc2ccoc2cn1.CC(C)c1ccc2ccoc2n1.CC(C)c1ccc2occc2n1. The first-order valence-electron chi connectivity index (χ1n) is 12.3. The summed E-state index contributed by atoms with van der Waals surface area (Å²) in [6.45, 7) is 12.8. The summed E-state index contributed by atoms with van der Waals surface area (Å²) in [7, 11) is 0. The van der Waals surface area contributed by atoms with Gasteiger partial charge in [0.25, 0.3) is 0 Å². The summed E-state index contributed by atoms with van der Waals surface area (Å²) in [5, 5.41) is 2.20. The largest absolute Gasteiger partial charge is 0.463 e. The van der Waals surface area contributed by atoms with Gasteiger partial charge in [-0.2, -0.15) is 0 Å². The van der Waals surface area contributed by atoms with Crippen molar-refractivity contribution in [2.24, 2.45) is 0 Å². The molecule has 6 rings (SSSR count). The maximum absolute atomic E-state index is 5.20. The minimum Gasteiger partial charge on any atom is -0.463 e. The number of hydrogen-bond acceptors (Lipinski definition) is 6. The maximum atomic E-state index is 5.20. The van der Waals surface area contributed by atoms with Gasteiger partial charge in [0, 0.05) is 33.9 Å². The van der Waals surface area contributed by atoms with Crippen LogP contribution in [0.4, 0.5) is 0 Å². The average Bonchev–Trinajstić information content (AvgIpc) is 3.63. The van der Waals surface area contributed by atoms with E-state index < -0.39 is 0 Å². The van der Waals surface area contributed by atoms with Gasteiger partial charge in [-0.25, -0.2) is 9.97 Å². The molecule has 0 fully saturated rings. The van der Waals surface area contributed by atoms with Crippen molar-refractivity contribution in [2.45, 2.75) is 59.3 Å². The highest BCUT2D eigenvalue weighted by Crippen LogP contribution is 2.20. The lowest BCUT2D eigenvalue weighted by atomic mass is 10.1. The van der Waals surface area contributed by atoms with Crippen molar-refractivity contribution in [3.63, 3.8) is 0 Å². The van der Waals surface area contributed by atoms with E-state index in [0.717, 1.165) is 50.3 Å². The highest BCUT2D eigenvalue weighted by molar-refractivity contribution is 5.76. The Morgan fingerprint density at radius 2 is 1.17 bits per heavy atom. The summed E-state index contributed by atoms with van der Waals surface area (Å²) >= 11 is 0. The highest BCUT2D eigenvalue weighted by atomic mass is 16.3. The lowest BCUT2D eigenvalue weighted by molar-refractivity contribution is 0.599. The zero-order chi connectivity index (χ0) is 25.7. The molecule has 0 radical (unpaired) electrons. The molecule has 186 valence electrons. The fourth-order valence-electron chi connectivity index (χ4n) is 3.57. The molecule has 0 aliphatic heterocycles. The van der Waals surface area contributed by atoms with Crippen molar-refractivity contribution in [1.29, 1.82) is 0 Å². The van der Waals surface area contributed by atoms with Gasteiger partial charge < -0.3 is 13.3 Å². The van der Waals surface area contributed by atoms with Crippen LogP contribution in [-0.2, 0) is 0 Å². The molecule has 0 saturated carbocycles. The molecule has 6 heterocycles. The fourth-order valence-corrected chi connectivity index (χ4v) is 3.57. The van der Waals surface area contributed by atoms with Gasteiger partial charge in [-0.1, -0.05) is 41.5 Å². The molecule has 0 aliphatic rings. The van der Waals surface area contributed by atoms with E-state index in [1.165, 1.54) is 0 Å². The predicted octanol–water partition coefficient (Wildman–Crippen LogP) is 8.85. The third-order valence-corrected chi connectivity index (χ3v) is 5.80. The molecular weight excluding hydrogens is 450 g/mol. The van der Waals surface area contributed by atoms with Crippen LogP contribution in [0.1, 0.15) is 76.4 Å². The number of furan rings is 3. The van der Waals surface area contributed by atoms with Gasteiger partial charge in [-0.05, 0) is 60.2 Å². The zero-order valence-electron chi connectivity index (χ0n) is 21.7. The second kappa shape index (κ2) is 11.2. The molecule has 0 saturated heterocycles. The van der Waals surface area contributed by atoms with Crippen molar-refractivity contribution in [2.75, 3.05) is 0 Å². The van der Waals surface area contributed by atoms with Crippen molar-refractivity contribution in [3.05, 3.63) is 90.6 Å². The van der Waals surface area contributed by atoms with Gasteiger partial charge in [-0.15, -0.1) is 0 Å². The molecule has 0 unspecified atom stereocenters. The number of aromatic nitrogens is 3. The van der Waals surface area contributed by atoms with Crippen LogP contribution in [0.3, 0.4) is 0 Å². The summed E-state index contributed by atoms with van der Waals surface area (Å²) in [6.07, 6.45) is 6.81. The Bertz CT molecular complexity index is 1350. The van der Waals surface area contributed by atoms with E-state index in [2.05, 4.69) is 62.6 Å². The molecule has 0 aromatic carbocycles. The average molecular weight is 484 g/mol. The van der Waals surface area contributed by atoms with Crippen LogP contribution >= 0.6 is 0 Å². The van der Waals surface area contributed by atoms with Crippen molar-refractivity contribution >= 4 is 33.2 Å². The quantitative estimate of drug-likeness (QED) is 0.250. The normalized spacial score (nSPS) is 11.2. The topological polar surface area (TPSA) is 78.1 Å². The van der Waals surface area contributed by atoms with Crippen LogP contribution in [0.15, 0.2) is 86.8 Å². The molecule has 0 spiro atoms. The Morgan fingerprint density at radius 3 is 1.92 bits per heavy atom. The third kappa shape index (κ3) is 6.00. The van der Waals surface area contributed by atoms with Gasteiger partial charge in [0.2, 0.25) is 5.71 Å². The second-order valence-electron chi connectivity index (χ2n) is 9.62. The van der Waals surface area contributed by atoms with E-state index in [0.29, 0.717) is 17.8 Å². The van der Waals surface area contributed by atoms with Crippen LogP contribution in [0.25, 0.3) is 33.2 Å². The molecule has 0 atom stereocenters. The number of fused-ring (bicyclic) bond motifs is 3. The van der Waals surface area contributed by atoms with E-state index in [-0.39, 0.29) is 0 Å². The lowest BCUT2D eigenvalue weighted by Crippen LogP contribution is -1.90.